The zero-order valence-electron chi connectivity index (χ0n) is 11.9. The summed E-state index contributed by atoms with van der Waals surface area (Å²) in [7, 11) is 0. The SMILES string of the molecule is CCOc1cc(F)ccc1NC(=O)CC1CSCCN1.Cl. The number of carbonyl (C=O) groups excluding carboxylic acids is 1. The number of hydrogen-bond donors (Lipinski definition) is 2. The van der Waals surface area contributed by atoms with Crippen LogP contribution in [0.4, 0.5) is 10.1 Å². The standard InChI is InChI=1S/C14H19FN2O2S.ClH/c1-2-19-13-7-10(15)3-4-12(13)17-14(18)8-11-9-20-6-5-16-11;/h3-4,7,11,16H,2,5-6,8-9H2,1H3,(H,17,18);1H. The van der Waals surface area contributed by atoms with Crippen molar-refractivity contribution in [1.29, 1.82) is 0 Å². The highest BCUT2D eigenvalue weighted by Gasteiger charge is 2.17. The summed E-state index contributed by atoms with van der Waals surface area (Å²) in [5.74, 6) is 1.93. The third-order valence-electron chi connectivity index (χ3n) is 2.95. The molecule has 4 nitrogen and oxygen atoms in total. The van der Waals surface area contributed by atoms with Crippen LogP contribution in [-0.4, -0.2) is 36.6 Å². The molecule has 1 aromatic rings. The van der Waals surface area contributed by atoms with Crippen molar-refractivity contribution >= 4 is 35.8 Å². The predicted octanol–water partition coefficient (Wildman–Crippen LogP) is 2.68. The lowest BCUT2D eigenvalue weighted by Crippen LogP contribution is -2.39. The number of amides is 1. The maximum atomic E-state index is 13.2. The van der Waals surface area contributed by atoms with Gasteiger partial charge in [0.05, 0.1) is 12.3 Å². The summed E-state index contributed by atoms with van der Waals surface area (Å²) in [6.45, 7) is 3.18. The van der Waals surface area contributed by atoms with Crippen LogP contribution in [0, 0.1) is 5.82 Å². The predicted molar refractivity (Wildman–Crippen MR) is 87.2 cm³/mol. The molecule has 1 amide bonds. The van der Waals surface area contributed by atoms with Crippen molar-refractivity contribution in [2.45, 2.75) is 19.4 Å². The van der Waals surface area contributed by atoms with E-state index in [9.17, 15) is 9.18 Å². The number of nitrogens with one attached hydrogen (secondary N) is 2. The molecule has 0 aromatic heterocycles. The van der Waals surface area contributed by atoms with E-state index in [1.165, 1.54) is 18.2 Å². The highest BCUT2D eigenvalue weighted by Crippen LogP contribution is 2.25. The van der Waals surface area contributed by atoms with Gasteiger partial charge in [-0.15, -0.1) is 12.4 Å². The Labute approximate surface area is 134 Å². The lowest BCUT2D eigenvalue weighted by Gasteiger charge is -2.22. The Morgan fingerprint density at radius 1 is 1.57 bits per heavy atom. The molecular formula is C14H20ClFN2O2S. The molecule has 1 aliphatic heterocycles. The highest BCUT2D eigenvalue weighted by molar-refractivity contribution is 7.99. The number of thioether (sulfide) groups is 1. The van der Waals surface area contributed by atoms with Crippen molar-refractivity contribution in [3.05, 3.63) is 24.0 Å². The monoisotopic (exact) mass is 334 g/mol. The van der Waals surface area contributed by atoms with Crippen molar-refractivity contribution < 1.29 is 13.9 Å². The van der Waals surface area contributed by atoms with Gasteiger partial charge >= 0.3 is 0 Å². The van der Waals surface area contributed by atoms with E-state index in [1.54, 1.807) is 0 Å². The van der Waals surface area contributed by atoms with Crippen LogP contribution in [0.25, 0.3) is 0 Å². The van der Waals surface area contributed by atoms with Gasteiger partial charge in [0.2, 0.25) is 5.91 Å². The lowest BCUT2D eigenvalue weighted by atomic mass is 10.2. The smallest absolute Gasteiger partial charge is 0.226 e. The summed E-state index contributed by atoms with van der Waals surface area (Å²) >= 11 is 1.85. The fraction of sp³-hybridized carbons (Fsp3) is 0.500. The van der Waals surface area contributed by atoms with E-state index in [2.05, 4.69) is 10.6 Å². The van der Waals surface area contributed by atoms with E-state index >= 15 is 0 Å². The number of rotatable bonds is 5. The Morgan fingerprint density at radius 3 is 3.05 bits per heavy atom. The molecule has 7 heteroatoms. The van der Waals surface area contributed by atoms with Crippen LogP contribution in [0.5, 0.6) is 5.75 Å². The van der Waals surface area contributed by atoms with Gasteiger partial charge in [-0.3, -0.25) is 4.79 Å². The minimum absolute atomic E-state index is 0. The average molecular weight is 335 g/mol. The molecule has 1 unspecified atom stereocenters. The Hall–Kier alpha value is -0.980. The molecule has 1 saturated heterocycles. The number of benzene rings is 1. The van der Waals surface area contributed by atoms with Gasteiger partial charge < -0.3 is 15.4 Å². The Bertz CT molecular complexity index is 470. The first-order valence-electron chi connectivity index (χ1n) is 6.72. The van der Waals surface area contributed by atoms with Gasteiger partial charge in [0.1, 0.15) is 11.6 Å². The molecule has 118 valence electrons. The molecule has 0 aliphatic carbocycles. The molecule has 1 heterocycles. The molecule has 0 spiro atoms. The third kappa shape index (κ3) is 5.73. The maximum absolute atomic E-state index is 13.2. The van der Waals surface area contributed by atoms with E-state index in [0.29, 0.717) is 24.5 Å². The maximum Gasteiger partial charge on any atom is 0.226 e. The molecule has 1 aromatic carbocycles. The summed E-state index contributed by atoms with van der Waals surface area (Å²) in [5.41, 5.74) is 0.515. The van der Waals surface area contributed by atoms with Crippen molar-refractivity contribution in [1.82, 2.24) is 5.32 Å². The number of ether oxygens (including phenoxy) is 1. The molecular weight excluding hydrogens is 315 g/mol. The fourth-order valence-electron chi connectivity index (χ4n) is 2.05. The van der Waals surface area contributed by atoms with Crippen molar-refractivity contribution in [3.8, 4) is 5.75 Å². The van der Waals surface area contributed by atoms with Crippen molar-refractivity contribution in [2.75, 3.05) is 30.0 Å². The van der Waals surface area contributed by atoms with Gasteiger partial charge in [0.25, 0.3) is 0 Å². The minimum atomic E-state index is -0.378. The third-order valence-corrected chi connectivity index (χ3v) is 4.08. The van der Waals surface area contributed by atoms with Gasteiger partial charge in [-0.2, -0.15) is 11.8 Å². The molecule has 0 bridgehead atoms. The van der Waals surface area contributed by atoms with Crippen LogP contribution in [0.1, 0.15) is 13.3 Å². The van der Waals surface area contributed by atoms with Gasteiger partial charge in [-0.1, -0.05) is 0 Å². The Kier molecular flexibility index (Phi) is 7.85. The number of anilines is 1. The lowest BCUT2D eigenvalue weighted by molar-refractivity contribution is -0.116. The van der Waals surface area contributed by atoms with Crippen LogP contribution < -0.4 is 15.4 Å². The molecule has 1 fully saturated rings. The topological polar surface area (TPSA) is 50.4 Å². The molecule has 0 saturated carbocycles. The van der Waals surface area contributed by atoms with E-state index in [-0.39, 0.29) is 30.2 Å². The van der Waals surface area contributed by atoms with Crippen LogP contribution >= 0.6 is 24.2 Å². The summed E-state index contributed by atoms with van der Waals surface area (Å²) in [6.07, 6.45) is 0.413. The van der Waals surface area contributed by atoms with Gasteiger partial charge in [0.15, 0.2) is 0 Å². The second-order valence-electron chi connectivity index (χ2n) is 4.55. The van der Waals surface area contributed by atoms with Crippen LogP contribution in [-0.2, 0) is 4.79 Å². The highest BCUT2D eigenvalue weighted by atomic mass is 35.5. The van der Waals surface area contributed by atoms with Gasteiger partial charge in [-0.25, -0.2) is 4.39 Å². The first-order chi connectivity index (χ1) is 9.69. The quantitative estimate of drug-likeness (QED) is 0.869. The number of halogens is 2. The zero-order chi connectivity index (χ0) is 14.4. The van der Waals surface area contributed by atoms with E-state index in [0.717, 1.165) is 18.1 Å². The van der Waals surface area contributed by atoms with Crippen LogP contribution in [0.3, 0.4) is 0 Å². The summed E-state index contributed by atoms with van der Waals surface area (Å²) in [6, 6.07) is 4.33. The molecule has 1 atom stereocenters. The second kappa shape index (κ2) is 9.12. The molecule has 1 aliphatic rings. The van der Waals surface area contributed by atoms with E-state index < -0.39 is 0 Å². The normalized spacial score (nSPS) is 17.7. The number of carbonyl (C=O) groups is 1. The van der Waals surface area contributed by atoms with Crippen molar-refractivity contribution in [3.63, 3.8) is 0 Å². The molecule has 2 rings (SSSR count). The first kappa shape index (κ1) is 18.1. The zero-order valence-corrected chi connectivity index (χ0v) is 13.5. The van der Waals surface area contributed by atoms with Gasteiger partial charge in [0, 0.05) is 36.6 Å². The average Bonchev–Trinajstić information content (AvgIpc) is 2.43. The minimum Gasteiger partial charge on any atom is -0.492 e. The number of hydrogen-bond acceptors (Lipinski definition) is 4. The second-order valence-corrected chi connectivity index (χ2v) is 5.70. The summed E-state index contributed by atoms with van der Waals surface area (Å²) < 4.78 is 18.5. The van der Waals surface area contributed by atoms with Crippen LogP contribution in [0.2, 0.25) is 0 Å². The van der Waals surface area contributed by atoms with E-state index in [1.807, 2.05) is 18.7 Å². The van der Waals surface area contributed by atoms with E-state index in [4.69, 9.17) is 4.74 Å². The van der Waals surface area contributed by atoms with Crippen molar-refractivity contribution in [2.24, 2.45) is 0 Å². The first-order valence-corrected chi connectivity index (χ1v) is 7.88. The Balaban J connectivity index is 0.00000220. The largest absolute Gasteiger partial charge is 0.492 e. The fourth-order valence-corrected chi connectivity index (χ4v) is 3.00. The Morgan fingerprint density at radius 2 is 2.38 bits per heavy atom. The molecule has 2 N–H and O–H groups in total. The van der Waals surface area contributed by atoms with Crippen LogP contribution in [0.15, 0.2) is 18.2 Å². The molecule has 21 heavy (non-hydrogen) atoms. The summed E-state index contributed by atoms with van der Waals surface area (Å²) in [4.78, 5) is 12.0. The summed E-state index contributed by atoms with van der Waals surface area (Å²) in [5, 5.41) is 6.10. The molecule has 0 radical (unpaired) electrons. The van der Waals surface area contributed by atoms with Gasteiger partial charge in [-0.05, 0) is 19.1 Å².